The minimum absolute atomic E-state index is 0.204. The van der Waals surface area contributed by atoms with E-state index in [-0.39, 0.29) is 4.49 Å². The third-order valence-corrected chi connectivity index (χ3v) is 4.98. The van der Waals surface area contributed by atoms with Crippen molar-refractivity contribution in [2.75, 3.05) is 19.8 Å². The van der Waals surface area contributed by atoms with Gasteiger partial charge < -0.3 is 9.47 Å². The first-order chi connectivity index (χ1) is 15.0. The zero-order chi connectivity index (χ0) is 22.5. The van der Waals surface area contributed by atoms with Gasteiger partial charge in [0.05, 0.1) is 18.9 Å². The van der Waals surface area contributed by atoms with Crippen LogP contribution in [0.3, 0.4) is 0 Å². The molecule has 2 aromatic carbocycles. The van der Waals surface area contributed by atoms with Gasteiger partial charge in [0.25, 0.3) is 0 Å². The number of hydrogen-bond donors (Lipinski definition) is 1. The van der Waals surface area contributed by atoms with Crippen molar-refractivity contribution in [1.29, 1.82) is 0 Å². The number of benzene rings is 2. The molecule has 4 nitrogen and oxygen atoms in total. The summed E-state index contributed by atoms with van der Waals surface area (Å²) in [5, 5.41) is 0. The van der Waals surface area contributed by atoms with E-state index >= 15 is 0 Å². The highest BCUT2D eigenvalue weighted by Crippen LogP contribution is 2.31. The van der Waals surface area contributed by atoms with Gasteiger partial charge in [-0.2, -0.15) is 0 Å². The standard InChI is InChI=1S/C25H31Cl2NO3/c1-4-20-17-23(29-16-13-24(26)27)18-21(5-2)25(20)30-14-9-10-15-31-28-19(3)22-11-7-6-8-12-22/h6-8,11-13,17-18,28H,3-5,9-10,14-16H2,1-2H3. The molecule has 6 heteroatoms. The lowest BCUT2D eigenvalue weighted by Crippen LogP contribution is -2.14. The van der Waals surface area contributed by atoms with E-state index < -0.39 is 0 Å². The third-order valence-electron chi connectivity index (χ3n) is 4.67. The highest BCUT2D eigenvalue weighted by atomic mass is 35.5. The Morgan fingerprint density at radius 2 is 1.61 bits per heavy atom. The van der Waals surface area contributed by atoms with Crippen LogP contribution in [0.1, 0.15) is 43.4 Å². The normalized spacial score (nSPS) is 10.5. The van der Waals surface area contributed by atoms with Gasteiger partial charge in [0.1, 0.15) is 22.6 Å². The fourth-order valence-electron chi connectivity index (χ4n) is 3.00. The maximum atomic E-state index is 6.14. The number of hydrogen-bond acceptors (Lipinski definition) is 4. The zero-order valence-electron chi connectivity index (χ0n) is 18.3. The van der Waals surface area contributed by atoms with E-state index in [1.165, 1.54) is 0 Å². The number of hydroxylamine groups is 1. The Kier molecular flexibility index (Phi) is 11.4. The topological polar surface area (TPSA) is 39.7 Å². The van der Waals surface area contributed by atoms with Crippen molar-refractivity contribution in [3.63, 3.8) is 0 Å². The minimum atomic E-state index is 0.204. The van der Waals surface area contributed by atoms with Crippen molar-refractivity contribution in [2.45, 2.75) is 39.5 Å². The third kappa shape index (κ3) is 8.86. The Bertz CT molecular complexity index is 824. The summed E-state index contributed by atoms with van der Waals surface area (Å²) in [7, 11) is 0. The smallest absolute Gasteiger partial charge is 0.125 e. The van der Waals surface area contributed by atoms with E-state index in [4.69, 9.17) is 37.5 Å². The molecule has 0 spiro atoms. The van der Waals surface area contributed by atoms with Crippen LogP contribution >= 0.6 is 23.2 Å². The number of ether oxygens (including phenoxy) is 2. The van der Waals surface area contributed by atoms with Gasteiger partial charge >= 0.3 is 0 Å². The number of unbranched alkanes of at least 4 members (excludes halogenated alkanes) is 1. The number of halogens is 2. The first-order valence-electron chi connectivity index (χ1n) is 10.6. The molecule has 0 aliphatic rings. The Labute approximate surface area is 195 Å². The van der Waals surface area contributed by atoms with Crippen LogP contribution < -0.4 is 15.0 Å². The molecule has 168 valence electrons. The SMILES string of the molecule is C=C(NOCCCCOc1c(CC)cc(OCC=C(Cl)Cl)cc1CC)c1ccccc1. The number of aryl methyl sites for hydroxylation is 2. The first-order valence-corrected chi connectivity index (χ1v) is 11.3. The molecule has 1 N–H and O–H groups in total. The Balaban J connectivity index is 1.77. The van der Waals surface area contributed by atoms with E-state index in [1.807, 2.05) is 42.5 Å². The Morgan fingerprint density at radius 3 is 2.23 bits per heavy atom. The highest BCUT2D eigenvalue weighted by molar-refractivity contribution is 6.55. The van der Waals surface area contributed by atoms with Gasteiger partial charge in [-0.1, -0.05) is 74.0 Å². The van der Waals surface area contributed by atoms with E-state index in [1.54, 1.807) is 6.08 Å². The molecule has 2 aromatic rings. The summed E-state index contributed by atoms with van der Waals surface area (Å²) in [4.78, 5) is 5.52. The Hall–Kier alpha value is -2.14. The lowest BCUT2D eigenvalue weighted by Gasteiger charge is -2.17. The lowest BCUT2D eigenvalue weighted by molar-refractivity contribution is 0.0732. The summed E-state index contributed by atoms with van der Waals surface area (Å²) in [5.74, 6) is 1.75. The molecule has 0 aliphatic heterocycles. The van der Waals surface area contributed by atoms with Crippen LogP contribution in [0.2, 0.25) is 0 Å². The molecule has 0 amide bonds. The summed E-state index contributed by atoms with van der Waals surface area (Å²) in [6.07, 6.45) is 5.12. The van der Waals surface area contributed by atoms with Crippen LogP contribution in [-0.4, -0.2) is 19.8 Å². The van der Waals surface area contributed by atoms with Crippen LogP contribution in [-0.2, 0) is 17.7 Å². The molecule has 0 fully saturated rings. The van der Waals surface area contributed by atoms with E-state index in [9.17, 15) is 0 Å². The fourth-order valence-corrected chi connectivity index (χ4v) is 3.13. The fraction of sp³-hybridized carbons (Fsp3) is 0.360. The van der Waals surface area contributed by atoms with Gasteiger partial charge in [0.15, 0.2) is 0 Å². The summed E-state index contributed by atoms with van der Waals surface area (Å²) in [6, 6.07) is 13.9. The Morgan fingerprint density at radius 1 is 0.968 bits per heavy atom. The number of rotatable bonds is 14. The van der Waals surface area contributed by atoms with Crippen molar-refractivity contribution in [3.8, 4) is 11.5 Å². The molecule has 0 bridgehead atoms. The lowest BCUT2D eigenvalue weighted by atomic mass is 10.0. The van der Waals surface area contributed by atoms with Gasteiger partial charge in [-0.05, 0) is 60.6 Å². The summed E-state index contributed by atoms with van der Waals surface area (Å²) >= 11 is 11.3. The molecule has 31 heavy (non-hydrogen) atoms. The molecule has 0 saturated carbocycles. The predicted molar refractivity (Wildman–Crippen MR) is 130 cm³/mol. The van der Waals surface area contributed by atoms with Crippen molar-refractivity contribution in [3.05, 3.63) is 76.3 Å². The largest absolute Gasteiger partial charge is 0.493 e. The molecule has 0 aliphatic carbocycles. The average Bonchev–Trinajstić information content (AvgIpc) is 2.78. The van der Waals surface area contributed by atoms with Gasteiger partial charge in [-0.15, -0.1) is 0 Å². The van der Waals surface area contributed by atoms with E-state index in [2.05, 4.69) is 25.9 Å². The quantitative estimate of drug-likeness (QED) is 0.245. The molecule has 0 saturated heterocycles. The van der Waals surface area contributed by atoms with Gasteiger partial charge in [-0.25, -0.2) is 0 Å². The second-order valence-corrected chi connectivity index (χ2v) is 7.94. The van der Waals surface area contributed by atoms with Gasteiger partial charge in [0.2, 0.25) is 0 Å². The maximum Gasteiger partial charge on any atom is 0.125 e. The second-order valence-electron chi connectivity index (χ2n) is 6.93. The average molecular weight is 464 g/mol. The molecule has 0 unspecified atom stereocenters. The van der Waals surface area contributed by atoms with Crippen molar-refractivity contribution in [2.24, 2.45) is 0 Å². The number of nitrogens with one attached hydrogen (secondary N) is 1. The van der Waals surface area contributed by atoms with Crippen molar-refractivity contribution < 1.29 is 14.3 Å². The van der Waals surface area contributed by atoms with E-state index in [0.29, 0.717) is 19.8 Å². The van der Waals surface area contributed by atoms with Crippen LogP contribution in [0.15, 0.2) is 59.6 Å². The van der Waals surface area contributed by atoms with Crippen LogP contribution in [0.25, 0.3) is 5.70 Å². The molecular formula is C25H31Cl2NO3. The van der Waals surface area contributed by atoms with Gasteiger partial charge in [0, 0.05) is 0 Å². The van der Waals surface area contributed by atoms with Crippen LogP contribution in [0.4, 0.5) is 0 Å². The first kappa shape index (κ1) is 25.1. The second kappa shape index (κ2) is 14.0. The van der Waals surface area contributed by atoms with Gasteiger partial charge in [-0.3, -0.25) is 10.3 Å². The van der Waals surface area contributed by atoms with Crippen molar-refractivity contribution in [1.82, 2.24) is 5.48 Å². The molecule has 0 heterocycles. The monoisotopic (exact) mass is 463 g/mol. The molecule has 0 aromatic heterocycles. The van der Waals surface area contributed by atoms with Crippen LogP contribution in [0, 0.1) is 0 Å². The van der Waals surface area contributed by atoms with Crippen molar-refractivity contribution >= 4 is 28.9 Å². The predicted octanol–water partition coefficient (Wildman–Crippen LogP) is 6.86. The maximum absolute atomic E-state index is 6.14. The molecular weight excluding hydrogens is 433 g/mol. The van der Waals surface area contributed by atoms with Crippen LogP contribution in [0.5, 0.6) is 11.5 Å². The molecule has 0 atom stereocenters. The summed E-state index contributed by atoms with van der Waals surface area (Å²) < 4.78 is 12.1. The molecule has 2 rings (SSSR count). The summed E-state index contributed by atoms with van der Waals surface area (Å²) in [6.45, 7) is 9.75. The van der Waals surface area contributed by atoms with E-state index in [0.717, 1.165) is 59.6 Å². The minimum Gasteiger partial charge on any atom is -0.493 e. The molecule has 0 radical (unpaired) electrons. The highest BCUT2D eigenvalue weighted by Gasteiger charge is 2.11. The summed E-state index contributed by atoms with van der Waals surface area (Å²) in [5.41, 5.74) is 6.93. The zero-order valence-corrected chi connectivity index (χ0v) is 19.8.